The van der Waals surface area contributed by atoms with Crippen LogP contribution in [0.4, 0.5) is 5.69 Å². The highest BCUT2D eigenvalue weighted by Gasteiger charge is 2.22. The molecule has 2 aromatic carbocycles. The molecule has 122 valence electrons. The molecule has 3 rings (SSSR count). The first kappa shape index (κ1) is 16.0. The molecule has 0 bridgehead atoms. The van der Waals surface area contributed by atoms with Gasteiger partial charge in [-0.25, -0.2) is 0 Å². The van der Waals surface area contributed by atoms with Gasteiger partial charge in [0.1, 0.15) is 0 Å². The Balaban J connectivity index is 1.95. The van der Waals surface area contributed by atoms with E-state index < -0.39 is 11.7 Å². The zero-order valence-corrected chi connectivity index (χ0v) is 14.1. The van der Waals surface area contributed by atoms with Crippen molar-refractivity contribution in [1.82, 2.24) is 4.57 Å². The fourth-order valence-electron chi connectivity index (χ4n) is 3.02. The number of carbonyl (C=O) groups excluding carboxylic acids is 2. The number of hydrogen-bond acceptors (Lipinski definition) is 2. The van der Waals surface area contributed by atoms with Crippen LogP contribution in [0.25, 0.3) is 10.9 Å². The molecule has 0 radical (unpaired) electrons. The van der Waals surface area contributed by atoms with E-state index in [4.69, 9.17) is 0 Å². The number of ketones is 1. The Morgan fingerprint density at radius 2 is 1.83 bits per heavy atom. The number of nitrogens with one attached hydrogen (secondary N) is 1. The van der Waals surface area contributed by atoms with E-state index in [0.717, 1.165) is 34.1 Å². The number of carbonyl (C=O) groups is 2. The van der Waals surface area contributed by atoms with Gasteiger partial charge in [-0.15, -0.1) is 0 Å². The Morgan fingerprint density at radius 1 is 1.08 bits per heavy atom. The highest BCUT2D eigenvalue weighted by atomic mass is 16.2. The van der Waals surface area contributed by atoms with Crippen molar-refractivity contribution in [3.05, 3.63) is 65.4 Å². The van der Waals surface area contributed by atoms with E-state index in [1.54, 1.807) is 6.20 Å². The van der Waals surface area contributed by atoms with Crippen LogP contribution in [0.3, 0.4) is 0 Å². The third kappa shape index (κ3) is 2.71. The van der Waals surface area contributed by atoms with Gasteiger partial charge in [-0.05, 0) is 30.5 Å². The van der Waals surface area contributed by atoms with Crippen molar-refractivity contribution in [3.63, 3.8) is 0 Å². The summed E-state index contributed by atoms with van der Waals surface area (Å²) in [6.45, 7) is 3.95. The van der Waals surface area contributed by atoms with E-state index in [-0.39, 0.29) is 0 Å². The van der Waals surface area contributed by atoms with E-state index in [1.807, 2.05) is 67.9 Å². The summed E-state index contributed by atoms with van der Waals surface area (Å²) >= 11 is 0. The maximum atomic E-state index is 12.7. The first-order valence-electron chi connectivity index (χ1n) is 8.01. The molecule has 1 heterocycles. The topological polar surface area (TPSA) is 51.1 Å². The molecule has 0 aliphatic rings. The second kappa shape index (κ2) is 6.32. The number of aromatic nitrogens is 1. The minimum atomic E-state index is -0.602. The first-order chi connectivity index (χ1) is 11.5. The van der Waals surface area contributed by atoms with E-state index in [9.17, 15) is 9.59 Å². The van der Waals surface area contributed by atoms with Crippen LogP contribution in [0.5, 0.6) is 0 Å². The summed E-state index contributed by atoms with van der Waals surface area (Å²) in [5, 5.41) is 3.60. The number of hydrogen-bond donors (Lipinski definition) is 1. The van der Waals surface area contributed by atoms with E-state index in [2.05, 4.69) is 5.32 Å². The number of rotatable bonds is 4. The van der Waals surface area contributed by atoms with Crippen molar-refractivity contribution >= 4 is 28.3 Å². The summed E-state index contributed by atoms with van der Waals surface area (Å²) in [6.07, 6.45) is 2.50. The minimum Gasteiger partial charge on any atom is -0.350 e. The maximum Gasteiger partial charge on any atom is 0.296 e. The summed E-state index contributed by atoms with van der Waals surface area (Å²) in [5.74, 6) is -1.12. The zero-order valence-electron chi connectivity index (χ0n) is 14.1. The van der Waals surface area contributed by atoms with Crippen molar-refractivity contribution < 1.29 is 9.59 Å². The molecule has 0 aliphatic carbocycles. The van der Waals surface area contributed by atoms with E-state index >= 15 is 0 Å². The van der Waals surface area contributed by atoms with Gasteiger partial charge in [0.2, 0.25) is 0 Å². The molecular weight excluding hydrogens is 300 g/mol. The number of Topliss-reactive ketones (excluding diaryl/α,β-unsaturated/α-hetero) is 1. The van der Waals surface area contributed by atoms with Crippen LogP contribution >= 0.6 is 0 Å². The molecule has 1 aromatic heterocycles. The van der Waals surface area contributed by atoms with Crippen LogP contribution in [0, 0.1) is 6.92 Å². The molecule has 0 saturated carbocycles. The SMILES string of the molecule is CCc1cccc(C)c1NC(=O)C(=O)c1cn(C)c2ccccc12. The molecule has 0 fully saturated rings. The standard InChI is InChI=1S/C20H20N2O2/c1-4-14-9-7-8-13(2)18(14)21-20(24)19(23)16-12-22(3)17-11-6-5-10-15(16)17/h5-12H,4H2,1-3H3,(H,21,24). The largest absolute Gasteiger partial charge is 0.350 e. The van der Waals surface area contributed by atoms with Gasteiger partial charge in [-0.2, -0.15) is 0 Å². The van der Waals surface area contributed by atoms with Gasteiger partial charge in [0, 0.05) is 29.8 Å². The number of benzene rings is 2. The number of para-hydroxylation sites is 2. The summed E-state index contributed by atoms with van der Waals surface area (Å²) in [4.78, 5) is 25.2. The van der Waals surface area contributed by atoms with Crippen molar-refractivity contribution in [2.45, 2.75) is 20.3 Å². The van der Waals surface area contributed by atoms with Crippen LogP contribution in [0.2, 0.25) is 0 Å². The van der Waals surface area contributed by atoms with Gasteiger partial charge >= 0.3 is 0 Å². The predicted molar refractivity (Wildman–Crippen MR) is 96.4 cm³/mol. The first-order valence-corrected chi connectivity index (χ1v) is 8.01. The van der Waals surface area contributed by atoms with Crippen LogP contribution < -0.4 is 5.32 Å². The second-order valence-corrected chi connectivity index (χ2v) is 5.92. The van der Waals surface area contributed by atoms with E-state index in [1.165, 1.54) is 0 Å². The summed E-state index contributed by atoms with van der Waals surface area (Å²) in [7, 11) is 1.87. The van der Waals surface area contributed by atoms with Crippen LogP contribution in [0.1, 0.15) is 28.4 Å². The van der Waals surface area contributed by atoms with Crippen molar-refractivity contribution in [2.75, 3.05) is 5.32 Å². The van der Waals surface area contributed by atoms with Crippen molar-refractivity contribution in [3.8, 4) is 0 Å². The third-order valence-electron chi connectivity index (χ3n) is 4.33. The summed E-state index contributed by atoms with van der Waals surface area (Å²) in [6, 6.07) is 13.4. The Kier molecular flexibility index (Phi) is 4.21. The Bertz CT molecular complexity index is 938. The van der Waals surface area contributed by atoms with Gasteiger partial charge in [0.25, 0.3) is 11.7 Å². The van der Waals surface area contributed by atoms with Crippen LogP contribution in [-0.2, 0) is 18.3 Å². The number of amides is 1. The number of aryl methyl sites for hydroxylation is 3. The molecule has 1 N–H and O–H groups in total. The van der Waals surface area contributed by atoms with Crippen molar-refractivity contribution in [1.29, 1.82) is 0 Å². The van der Waals surface area contributed by atoms with Gasteiger partial charge < -0.3 is 9.88 Å². The monoisotopic (exact) mass is 320 g/mol. The van der Waals surface area contributed by atoms with Crippen molar-refractivity contribution in [2.24, 2.45) is 7.05 Å². The van der Waals surface area contributed by atoms with Crippen LogP contribution in [0.15, 0.2) is 48.7 Å². The highest BCUT2D eigenvalue weighted by molar-refractivity contribution is 6.48. The average Bonchev–Trinajstić information content (AvgIpc) is 2.93. The summed E-state index contributed by atoms with van der Waals surface area (Å²) in [5.41, 5.74) is 4.07. The quantitative estimate of drug-likeness (QED) is 0.586. The lowest BCUT2D eigenvalue weighted by Gasteiger charge is -2.12. The highest BCUT2D eigenvalue weighted by Crippen LogP contribution is 2.23. The Morgan fingerprint density at radius 3 is 2.58 bits per heavy atom. The van der Waals surface area contributed by atoms with Gasteiger partial charge in [0.05, 0.1) is 5.56 Å². The molecule has 1 amide bonds. The van der Waals surface area contributed by atoms with Gasteiger partial charge in [0.15, 0.2) is 0 Å². The Labute approximate surface area is 141 Å². The van der Waals surface area contributed by atoms with Gasteiger partial charge in [-0.1, -0.05) is 43.3 Å². The minimum absolute atomic E-state index is 0.428. The van der Waals surface area contributed by atoms with Crippen LogP contribution in [-0.4, -0.2) is 16.3 Å². The number of anilines is 1. The lowest BCUT2D eigenvalue weighted by molar-refractivity contribution is -0.112. The third-order valence-corrected chi connectivity index (χ3v) is 4.33. The fourth-order valence-corrected chi connectivity index (χ4v) is 3.02. The number of fused-ring (bicyclic) bond motifs is 1. The lowest BCUT2D eigenvalue weighted by Crippen LogP contribution is -2.24. The molecule has 0 spiro atoms. The molecule has 3 aromatic rings. The molecule has 0 unspecified atom stereocenters. The fraction of sp³-hybridized carbons (Fsp3) is 0.200. The molecule has 0 saturated heterocycles. The zero-order chi connectivity index (χ0) is 17.3. The number of nitrogens with zero attached hydrogens (tertiary/aromatic N) is 1. The molecule has 24 heavy (non-hydrogen) atoms. The van der Waals surface area contributed by atoms with E-state index in [0.29, 0.717) is 5.56 Å². The predicted octanol–water partition coefficient (Wildman–Crippen LogP) is 3.87. The molecular formula is C20H20N2O2. The molecule has 0 aliphatic heterocycles. The second-order valence-electron chi connectivity index (χ2n) is 5.92. The Hall–Kier alpha value is -2.88. The lowest BCUT2D eigenvalue weighted by atomic mass is 10.0. The average molecular weight is 320 g/mol. The maximum absolute atomic E-state index is 12.7. The molecule has 4 nitrogen and oxygen atoms in total. The summed E-state index contributed by atoms with van der Waals surface area (Å²) < 4.78 is 1.86. The molecule has 4 heteroatoms. The van der Waals surface area contributed by atoms with Gasteiger partial charge in [-0.3, -0.25) is 9.59 Å². The smallest absolute Gasteiger partial charge is 0.296 e. The normalized spacial score (nSPS) is 10.8. The molecule has 0 atom stereocenters.